The third kappa shape index (κ3) is 2.44. The molecule has 3 nitrogen and oxygen atoms in total. The Morgan fingerprint density at radius 2 is 2.05 bits per heavy atom. The van der Waals surface area contributed by atoms with Gasteiger partial charge in [-0.2, -0.15) is 0 Å². The normalized spacial score (nSPS) is 20.1. The van der Waals surface area contributed by atoms with Crippen LogP contribution in [-0.4, -0.2) is 25.0 Å². The van der Waals surface area contributed by atoms with E-state index in [9.17, 15) is 5.11 Å². The number of rotatable bonds is 3. The molecule has 0 spiro atoms. The summed E-state index contributed by atoms with van der Waals surface area (Å²) < 4.78 is 5.92. The van der Waals surface area contributed by atoms with E-state index in [1.54, 1.807) is 11.8 Å². The molecule has 0 saturated carbocycles. The molecule has 2 N–H and O–H groups in total. The maximum absolute atomic E-state index is 11.4. The number of fused-ring (bicyclic) bond motifs is 2. The summed E-state index contributed by atoms with van der Waals surface area (Å²) in [6, 6.07) is 13.9. The van der Waals surface area contributed by atoms with E-state index in [1.807, 2.05) is 43.6 Å². The lowest BCUT2D eigenvalue weighted by Crippen LogP contribution is -2.38. The van der Waals surface area contributed by atoms with Crippen molar-refractivity contribution >= 4 is 11.8 Å². The molecule has 1 atom stereocenters. The zero-order valence-electron chi connectivity index (χ0n) is 12.2. The Morgan fingerprint density at radius 1 is 1.24 bits per heavy atom. The van der Waals surface area contributed by atoms with Crippen LogP contribution in [0.25, 0.3) is 0 Å². The molecule has 2 aromatic rings. The van der Waals surface area contributed by atoms with Gasteiger partial charge < -0.3 is 15.2 Å². The maximum Gasteiger partial charge on any atom is 0.131 e. The summed E-state index contributed by atoms with van der Waals surface area (Å²) in [6.07, 6.45) is 2.05. The standard InChI is InChI=1S/C17H19NO2S/c1-18-11-17(19)14-8-7-13(21-2)9-12(14)10-20-16-6-4-3-5-15(16)17/h3-9,18-19H,10-11H2,1-2H3. The first-order valence-electron chi connectivity index (χ1n) is 6.95. The lowest BCUT2D eigenvalue weighted by molar-refractivity contribution is 0.0815. The summed E-state index contributed by atoms with van der Waals surface area (Å²) >= 11 is 1.69. The second-order valence-corrected chi connectivity index (χ2v) is 6.08. The Kier molecular flexibility index (Phi) is 3.93. The Hall–Kier alpha value is -1.49. The van der Waals surface area contributed by atoms with Crippen LogP contribution in [-0.2, 0) is 12.2 Å². The average Bonchev–Trinajstić information content (AvgIpc) is 2.64. The highest BCUT2D eigenvalue weighted by Crippen LogP contribution is 2.40. The maximum atomic E-state index is 11.4. The van der Waals surface area contributed by atoms with Crippen LogP contribution >= 0.6 is 11.8 Å². The summed E-state index contributed by atoms with van der Waals surface area (Å²) in [7, 11) is 1.85. The van der Waals surface area contributed by atoms with Gasteiger partial charge >= 0.3 is 0 Å². The van der Waals surface area contributed by atoms with Gasteiger partial charge in [-0.3, -0.25) is 0 Å². The van der Waals surface area contributed by atoms with E-state index < -0.39 is 5.60 Å². The molecule has 4 heteroatoms. The molecule has 110 valence electrons. The molecular formula is C17H19NO2S. The third-order valence-electron chi connectivity index (χ3n) is 3.91. The topological polar surface area (TPSA) is 41.5 Å². The quantitative estimate of drug-likeness (QED) is 0.856. The molecule has 1 aliphatic rings. The van der Waals surface area contributed by atoms with Crippen LogP contribution in [0.5, 0.6) is 5.75 Å². The number of benzene rings is 2. The van der Waals surface area contributed by atoms with Gasteiger partial charge in [0.2, 0.25) is 0 Å². The van der Waals surface area contributed by atoms with E-state index >= 15 is 0 Å². The highest BCUT2D eigenvalue weighted by molar-refractivity contribution is 7.98. The monoisotopic (exact) mass is 301 g/mol. The highest BCUT2D eigenvalue weighted by atomic mass is 32.2. The van der Waals surface area contributed by atoms with E-state index in [4.69, 9.17) is 4.74 Å². The van der Waals surface area contributed by atoms with E-state index in [2.05, 4.69) is 17.4 Å². The Bertz CT molecular complexity index is 659. The van der Waals surface area contributed by atoms with Crippen LogP contribution in [0.2, 0.25) is 0 Å². The van der Waals surface area contributed by atoms with Gasteiger partial charge in [-0.15, -0.1) is 11.8 Å². The smallest absolute Gasteiger partial charge is 0.131 e. The van der Waals surface area contributed by atoms with Crippen LogP contribution in [0.15, 0.2) is 47.4 Å². The molecule has 21 heavy (non-hydrogen) atoms. The minimum absolute atomic E-state index is 0.443. The zero-order chi connectivity index (χ0) is 14.9. The molecule has 2 aromatic carbocycles. The second kappa shape index (κ2) is 5.72. The Morgan fingerprint density at radius 3 is 2.81 bits per heavy atom. The molecule has 1 heterocycles. The predicted octanol–water partition coefficient (Wildman–Crippen LogP) is 2.76. The predicted molar refractivity (Wildman–Crippen MR) is 85.9 cm³/mol. The number of para-hydroxylation sites is 1. The number of likely N-dealkylation sites (N-methyl/N-ethyl adjacent to an activating group) is 1. The molecule has 0 saturated heterocycles. The molecule has 3 rings (SSSR count). The summed E-state index contributed by atoms with van der Waals surface area (Å²) in [4.78, 5) is 1.18. The molecule has 0 fully saturated rings. The fourth-order valence-corrected chi connectivity index (χ4v) is 3.37. The molecule has 0 amide bonds. The van der Waals surface area contributed by atoms with Crippen molar-refractivity contribution in [3.05, 3.63) is 59.2 Å². The minimum Gasteiger partial charge on any atom is -0.488 e. The molecule has 0 aliphatic carbocycles. The van der Waals surface area contributed by atoms with Crippen molar-refractivity contribution in [1.82, 2.24) is 5.32 Å². The van der Waals surface area contributed by atoms with Gasteiger partial charge in [-0.1, -0.05) is 24.3 Å². The lowest BCUT2D eigenvalue weighted by Gasteiger charge is -2.29. The van der Waals surface area contributed by atoms with Gasteiger partial charge in [0.05, 0.1) is 0 Å². The summed E-state index contributed by atoms with van der Waals surface area (Å²) in [5, 5.41) is 14.5. The largest absolute Gasteiger partial charge is 0.488 e. The van der Waals surface area contributed by atoms with Gasteiger partial charge in [0.25, 0.3) is 0 Å². The Labute approximate surface area is 129 Å². The first-order valence-corrected chi connectivity index (χ1v) is 8.18. The number of aliphatic hydroxyl groups is 1. The molecule has 0 aromatic heterocycles. The summed E-state index contributed by atoms with van der Waals surface area (Å²) in [5.74, 6) is 0.747. The molecule has 1 aliphatic heterocycles. The van der Waals surface area contributed by atoms with E-state index in [-0.39, 0.29) is 0 Å². The van der Waals surface area contributed by atoms with Crippen molar-refractivity contribution in [3.8, 4) is 5.75 Å². The number of thioether (sulfide) groups is 1. The van der Waals surface area contributed by atoms with Crippen LogP contribution in [0.3, 0.4) is 0 Å². The first kappa shape index (κ1) is 14.4. The number of hydrogen-bond acceptors (Lipinski definition) is 4. The van der Waals surface area contributed by atoms with Gasteiger partial charge in [-0.05, 0) is 42.6 Å². The second-order valence-electron chi connectivity index (χ2n) is 5.20. The molecule has 0 bridgehead atoms. The van der Waals surface area contributed by atoms with Gasteiger partial charge in [0.15, 0.2) is 0 Å². The van der Waals surface area contributed by atoms with Crippen molar-refractivity contribution in [2.75, 3.05) is 19.8 Å². The van der Waals surface area contributed by atoms with Crippen molar-refractivity contribution < 1.29 is 9.84 Å². The van der Waals surface area contributed by atoms with Crippen molar-refractivity contribution in [2.45, 2.75) is 17.1 Å². The minimum atomic E-state index is -1.08. The highest BCUT2D eigenvalue weighted by Gasteiger charge is 2.37. The number of nitrogens with one attached hydrogen (secondary N) is 1. The van der Waals surface area contributed by atoms with E-state index in [1.165, 1.54) is 4.90 Å². The van der Waals surface area contributed by atoms with Crippen LogP contribution in [0.4, 0.5) is 0 Å². The van der Waals surface area contributed by atoms with Crippen molar-refractivity contribution in [2.24, 2.45) is 0 Å². The van der Waals surface area contributed by atoms with Gasteiger partial charge in [0, 0.05) is 17.0 Å². The average molecular weight is 301 g/mol. The van der Waals surface area contributed by atoms with Crippen LogP contribution < -0.4 is 10.1 Å². The third-order valence-corrected chi connectivity index (χ3v) is 4.63. The van der Waals surface area contributed by atoms with E-state index in [0.29, 0.717) is 13.2 Å². The van der Waals surface area contributed by atoms with Crippen molar-refractivity contribution in [3.63, 3.8) is 0 Å². The zero-order valence-corrected chi connectivity index (χ0v) is 13.0. The lowest BCUT2D eigenvalue weighted by atomic mass is 9.84. The van der Waals surface area contributed by atoms with Gasteiger partial charge in [0.1, 0.15) is 18.0 Å². The molecular weight excluding hydrogens is 282 g/mol. The SMILES string of the molecule is CNCC1(O)c2ccc(SC)cc2COc2ccccc21. The fourth-order valence-electron chi connectivity index (χ4n) is 2.90. The Balaban J connectivity index is 2.21. The van der Waals surface area contributed by atoms with E-state index in [0.717, 1.165) is 22.4 Å². The summed E-state index contributed by atoms with van der Waals surface area (Å²) in [5.41, 5.74) is 1.69. The fraction of sp³-hybridized carbons (Fsp3) is 0.294. The number of ether oxygens (including phenoxy) is 1. The van der Waals surface area contributed by atoms with Crippen molar-refractivity contribution in [1.29, 1.82) is 0 Å². The van der Waals surface area contributed by atoms with Crippen LogP contribution in [0, 0.1) is 0 Å². The number of hydrogen-bond donors (Lipinski definition) is 2. The molecule has 1 unspecified atom stereocenters. The first-order chi connectivity index (χ1) is 10.2. The van der Waals surface area contributed by atoms with Crippen LogP contribution in [0.1, 0.15) is 16.7 Å². The van der Waals surface area contributed by atoms with Gasteiger partial charge in [-0.25, -0.2) is 0 Å². The molecule has 0 radical (unpaired) electrons. The summed E-state index contributed by atoms with van der Waals surface area (Å²) in [6.45, 7) is 0.922.